The van der Waals surface area contributed by atoms with Gasteiger partial charge >= 0.3 is 6.09 Å². The molecule has 1 fully saturated rings. The van der Waals surface area contributed by atoms with E-state index in [-0.39, 0.29) is 11.2 Å². The van der Waals surface area contributed by atoms with E-state index in [1.807, 2.05) is 37.3 Å². The summed E-state index contributed by atoms with van der Waals surface area (Å²) in [6.07, 6.45) is 2.66. The zero-order chi connectivity index (χ0) is 22.7. The van der Waals surface area contributed by atoms with Crippen LogP contribution in [0.15, 0.2) is 30.3 Å². The second-order valence-electron chi connectivity index (χ2n) is 8.33. The zero-order valence-electron chi connectivity index (χ0n) is 18.8. The lowest BCUT2D eigenvalue weighted by Gasteiger charge is -2.22. The van der Waals surface area contributed by atoms with E-state index >= 15 is 0 Å². The van der Waals surface area contributed by atoms with Gasteiger partial charge in [0.15, 0.2) is 17.3 Å². The highest BCUT2D eigenvalue weighted by atomic mass is 16.6. The van der Waals surface area contributed by atoms with Gasteiger partial charge in [-0.25, -0.2) is 4.79 Å². The lowest BCUT2D eigenvalue weighted by atomic mass is 9.95. The Labute approximate surface area is 188 Å². The van der Waals surface area contributed by atoms with Crippen molar-refractivity contribution in [3.63, 3.8) is 0 Å². The second kappa shape index (κ2) is 9.10. The smallest absolute Gasteiger partial charge is 0.407 e. The molecule has 2 aromatic rings. The maximum Gasteiger partial charge on any atom is 0.407 e. The third kappa shape index (κ3) is 4.24. The van der Waals surface area contributed by atoms with Crippen molar-refractivity contribution >= 4 is 11.9 Å². The number of nitrogens with one attached hydrogen (secondary N) is 1. The number of ketones is 1. The van der Waals surface area contributed by atoms with Gasteiger partial charge in [-0.3, -0.25) is 4.79 Å². The zero-order valence-corrected chi connectivity index (χ0v) is 18.8. The molecule has 2 aliphatic carbocycles. The number of hydrogen-bond donors (Lipinski definition) is 1. The van der Waals surface area contributed by atoms with Crippen LogP contribution in [0.3, 0.4) is 0 Å². The van der Waals surface area contributed by atoms with Gasteiger partial charge in [-0.05, 0) is 49.4 Å². The number of carbonyl (C=O) groups excluding carboxylic acids is 2. The molecule has 1 saturated carbocycles. The van der Waals surface area contributed by atoms with Crippen molar-refractivity contribution in [1.29, 1.82) is 0 Å². The highest BCUT2D eigenvalue weighted by molar-refractivity contribution is 6.02. The van der Waals surface area contributed by atoms with Crippen LogP contribution in [-0.4, -0.2) is 45.9 Å². The number of amides is 1. The molecule has 1 amide bonds. The molecular formula is C25H29NO6. The molecule has 7 nitrogen and oxygen atoms in total. The summed E-state index contributed by atoms with van der Waals surface area (Å²) in [6, 6.07) is 9.59. The Morgan fingerprint density at radius 3 is 2.44 bits per heavy atom. The van der Waals surface area contributed by atoms with E-state index < -0.39 is 6.09 Å². The lowest BCUT2D eigenvalue weighted by Crippen LogP contribution is -2.28. The quantitative estimate of drug-likeness (QED) is 0.623. The molecule has 0 aromatic heterocycles. The summed E-state index contributed by atoms with van der Waals surface area (Å²) in [5.41, 5.74) is 3.43. The van der Waals surface area contributed by atoms with Crippen LogP contribution < -0.4 is 19.5 Å². The Hall–Kier alpha value is -3.22. The van der Waals surface area contributed by atoms with Gasteiger partial charge in [0.2, 0.25) is 5.75 Å². The number of hydrogen-bond acceptors (Lipinski definition) is 6. The van der Waals surface area contributed by atoms with Gasteiger partial charge in [0.05, 0.1) is 20.8 Å². The van der Waals surface area contributed by atoms with Gasteiger partial charge in [0.1, 0.15) is 6.61 Å². The van der Waals surface area contributed by atoms with Crippen molar-refractivity contribution in [3.05, 3.63) is 41.5 Å². The number of carbonyl (C=O) groups is 2. The van der Waals surface area contributed by atoms with E-state index in [2.05, 4.69) is 5.32 Å². The second-order valence-corrected chi connectivity index (χ2v) is 8.33. The summed E-state index contributed by atoms with van der Waals surface area (Å²) in [7, 11) is 3.17. The Kier molecular flexibility index (Phi) is 6.26. The highest BCUT2D eigenvalue weighted by Gasteiger charge is 2.45. The van der Waals surface area contributed by atoms with Crippen LogP contribution in [0.5, 0.6) is 17.2 Å². The molecule has 0 radical (unpaired) electrons. The molecule has 0 unspecified atom stereocenters. The molecule has 1 N–H and O–H groups in total. The maximum absolute atomic E-state index is 12.3. The van der Waals surface area contributed by atoms with Crippen molar-refractivity contribution in [3.8, 4) is 28.4 Å². The molecule has 0 bridgehead atoms. The number of methoxy groups -OCH3 is 2. The van der Waals surface area contributed by atoms with Crippen LogP contribution in [0, 0.1) is 5.41 Å². The third-order valence-electron chi connectivity index (χ3n) is 6.18. The fourth-order valence-corrected chi connectivity index (χ4v) is 4.14. The van der Waals surface area contributed by atoms with Gasteiger partial charge < -0.3 is 24.3 Å². The lowest BCUT2D eigenvalue weighted by molar-refractivity contribution is 0.0984. The van der Waals surface area contributed by atoms with Crippen LogP contribution >= 0.6 is 0 Å². The molecule has 0 aliphatic heterocycles. The van der Waals surface area contributed by atoms with Crippen LogP contribution in [0.25, 0.3) is 11.1 Å². The predicted molar refractivity (Wildman–Crippen MR) is 120 cm³/mol. The third-order valence-corrected chi connectivity index (χ3v) is 6.18. The van der Waals surface area contributed by atoms with Gasteiger partial charge in [0.25, 0.3) is 0 Å². The molecule has 4 rings (SSSR count). The fourth-order valence-electron chi connectivity index (χ4n) is 4.14. The van der Waals surface area contributed by atoms with Crippen molar-refractivity contribution in [1.82, 2.24) is 5.32 Å². The summed E-state index contributed by atoms with van der Waals surface area (Å²) in [4.78, 5) is 24.0. The van der Waals surface area contributed by atoms with Crippen LogP contribution in [0.2, 0.25) is 0 Å². The summed E-state index contributed by atoms with van der Waals surface area (Å²) < 4.78 is 22.9. The largest absolute Gasteiger partial charge is 0.493 e. The van der Waals surface area contributed by atoms with Crippen LogP contribution in [-0.2, 0) is 11.2 Å². The number of ether oxygens (including phenoxy) is 4. The van der Waals surface area contributed by atoms with Gasteiger partial charge in [0, 0.05) is 29.5 Å². The van der Waals surface area contributed by atoms with Crippen LogP contribution in [0.1, 0.15) is 42.1 Å². The summed E-state index contributed by atoms with van der Waals surface area (Å²) in [6.45, 7) is 3.06. The van der Waals surface area contributed by atoms with Crippen molar-refractivity contribution < 1.29 is 28.5 Å². The van der Waals surface area contributed by atoms with Crippen molar-refractivity contribution in [2.45, 2.75) is 32.6 Å². The van der Waals surface area contributed by atoms with Gasteiger partial charge in [-0.2, -0.15) is 0 Å². The minimum absolute atomic E-state index is 0.171. The minimum atomic E-state index is -0.414. The normalized spacial score (nSPS) is 15.7. The maximum atomic E-state index is 12.3. The van der Waals surface area contributed by atoms with E-state index in [0.29, 0.717) is 49.8 Å². The monoisotopic (exact) mass is 439 g/mol. The Bertz CT molecular complexity index is 1030. The molecule has 170 valence electrons. The molecule has 0 atom stereocenters. The molecule has 2 aromatic carbocycles. The van der Waals surface area contributed by atoms with Gasteiger partial charge in [-0.1, -0.05) is 18.2 Å². The van der Waals surface area contributed by atoms with E-state index in [9.17, 15) is 9.59 Å². The Balaban J connectivity index is 1.64. The molecule has 7 heteroatoms. The van der Waals surface area contributed by atoms with E-state index in [1.165, 1.54) is 0 Å². The molecule has 2 aliphatic rings. The molecule has 0 spiro atoms. The van der Waals surface area contributed by atoms with E-state index in [0.717, 1.165) is 35.1 Å². The fraction of sp³-hybridized carbons (Fsp3) is 0.440. The first-order valence-electron chi connectivity index (χ1n) is 11.0. The minimum Gasteiger partial charge on any atom is -0.493 e. The summed E-state index contributed by atoms with van der Waals surface area (Å²) in [5, 5.41) is 2.65. The Morgan fingerprint density at radius 1 is 0.969 bits per heavy atom. The SMILES string of the molecule is CCNC(=O)OCC1(COc2c(-c3cccc4c3CCC4=O)ccc(OC)c2OC)CC1. The molecule has 32 heavy (non-hydrogen) atoms. The standard InChI is InChI=1S/C25H29NO6/c1-4-26-24(28)32-15-25(12-13-25)14-31-22-19(9-11-21(29-2)23(22)30-3)16-6-5-7-18-17(16)8-10-20(18)27/h5-7,9,11H,4,8,10,12-15H2,1-3H3,(H,26,28). The predicted octanol–water partition coefficient (Wildman–Crippen LogP) is 4.40. The van der Waals surface area contributed by atoms with E-state index in [1.54, 1.807) is 14.2 Å². The number of fused-ring (bicyclic) bond motifs is 1. The first-order chi connectivity index (χ1) is 15.5. The number of rotatable bonds is 9. The van der Waals surface area contributed by atoms with Gasteiger partial charge in [-0.15, -0.1) is 0 Å². The number of benzene rings is 2. The van der Waals surface area contributed by atoms with E-state index in [4.69, 9.17) is 18.9 Å². The average molecular weight is 440 g/mol. The van der Waals surface area contributed by atoms with Crippen molar-refractivity contribution in [2.75, 3.05) is 34.0 Å². The van der Waals surface area contributed by atoms with Crippen molar-refractivity contribution in [2.24, 2.45) is 5.41 Å². The molecular weight excluding hydrogens is 410 g/mol. The highest BCUT2D eigenvalue weighted by Crippen LogP contribution is 2.50. The first kappa shape index (κ1) is 22.0. The average Bonchev–Trinajstić information content (AvgIpc) is 3.49. The summed E-state index contributed by atoms with van der Waals surface area (Å²) in [5.74, 6) is 1.82. The molecule has 0 saturated heterocycles. The Morgan fingerprint density at radius 2 is 1.75 bits per heavy atom. The first-order valence-corrected chi connectivity index (χ1v) is 11.0. The molecule has 0 heterocycles. The van der Waals surface area contributed by atoms with Crippen LogP contribution in [0.4, 0.5) is 4.79 Å². The number of Topliss-reactive ketones (excluding diaryl/α,β-unsaturated/α-hetero) is 1. The number of alkyl carbamates (subject to hydrolysis) is 1. The summed E-state index contributed by atoms with van der Waals surface area (Å²) >= 11 is 0. The topological polar surface area (TPSA) is 83.1 Å².